The van der Waals surface area contributed by atoms with Crippen LogP contribution in [0.1, 0.15) is 5.56 Å². The summed E-state index contributed by atoms with van der Waals surface area (Å²) < 4.78 is 37.6. The van der Waals surface area contributed by atoms with Gasteiger partial charge in [-0.15, -0.1) is 0 Å². The van der Waals surface area contributed by atoms with Crippen LogP contribution in [0.5, 0.6) is 0 Å². The molecule has 2 aromatic rings. The number of aromatic nitrogens is 1. The zero-order chi connectivity index (χ0) is 11.1. The molecule has 0 unspecified atom stereocenters. The van der Waals surface area contributed by atoms with Gasteiger partial charge in [-0.25, -0.2) is 0 Å². The first-order chi connectivity index (χ1) is 6.98. The summed E-state index contributed by atoms with van der Waals surface area (Å²) in [5.41, 5.74) is -0.139. The third-order valence-electron chi connectivity index (χ3n) is 2.00. The summed E-state index contributed by atoms with van der Waals surface area (Å²) in [4.78, 5) is 3.97. The van der Waals surface area contributed by atoms with Crippen LogP contribution in [0.4, 0.5) is 13.2 Å². The van der Waals surface area contributed by atoms with E-state index < -0.39 is 11.7 Å². The van der Waals surface area contributed by atoms with Crippen LogP contribution in [-0.4, -0.2) is 4.98 Å². The van der Waals surface area contributed by atoms with Crippen LogP contribution in [0.25, 0.3) is 10.9 Å². The van der Waals surface area contributed by atoms with Crippen molar-refractivity contribution < 1.29 is 13.2 Å². The van der Waals surface area contributed by atoms with Crippen LogP contribution in [0.3, 0.4) is 0 Å². The number of alkyl halides is 3. The standard InChI is InChI=1S/C10H5BrF3N/c11-8-5-9-6(2-1-3-15-9)4-7(8)10(12,13)14/h1-5H. The minimum atomic E-state index is -4.34. The molecule has 0 aliphatic heterocycles. The van der Waals surface area contributed by atoms with Crippen molar-refractivity contribution >= 4 is 26.8 Å². The summed E-state index contributed by atoms with van der Waals surface area (Å²) in [6, 6.07) is 5.67. The van der Waals surface area contributed by atoms with Gasteiger partial charge in [0.2, 0.25) is 0 Å². The average Bonchev–Trinajstić information content (AvgIpc) is 2.15. The number of rotatable bonds is 0. The Morgan fingerprint density at radius 2 is 1.93 bits per heavy atom. The van der Waals surface area contributed by atoms with Gasteiger partial charge in [0.25, 0.3) is 0 Å². The van der Waals surface area contributed by atoms with Crippen LogP contribution in [0.15, 0.2) is 34.9 Å². The fourth-order valence-corrected chi connectivity index (χ4v) is 1.87. The minimum absolute atomic E-state index is 0.0150. The Bertz CT molecular complexity index is 507. The molecule has 0 aliphatic rings. The van der Waals surface area contributed by atoms with Gasteiger partial charge >= 0.3 is 6.18 Å². The van der Waals surface area contributed by atoms with E-state index in [4.69, 9.17) is 0 Å². The second-order valence-corrected chi connectivity index (χ2v) is 3.88. The van der Waals surface area contributed by atoms with Crippen molar-refractivity contribution in [3.8, 4) is 0 Å². The monoisotopic (exact) mass is 275 g/mol. The van der Waals surface area contributed by atoms with Crippen LogP contribution in [-0.2, 0) is 6.18 Å². The average molecular weight is 276 g/mol. The van der Waals surface area contributed by atoms with E-state index in [1.807, 2.05) is 0 Å². The van der Waals surface area contributed by atoms with Crippen molar-refractivity contribution in [3.63, 3.8) is 0 Å². The van der Waals surface area contributed by atoms with Gasteiger partial charge in [-0.3, -0.25) is 4.98 Å². The first-order valence-corrected chi connectivity index (χ1v) is 4.89. The highest BCUT2D eigenvalue weighted by atomic mass is 79.9. The maximum Gasteiger partial charge on any atom is 0.417 e. The molecular weight excluding hydrogens is 271 g/mol. The molecule has 1 nitrogen and oxygen atoms in total. The highest BCUT2D eigenvalue weighted by Gasteiger charge is 2.33. The molecule has 0 aliphatic carbocycles. The molecule has 0 spiro atoms. The van der Waals surface area contributed by atoms with Crippen molar-refractivity contribution in [1.29, 1.82) is 0 Å². The largest absolute Gasteiger partial charge is 0.417 e. The third kappa shape index (κ3) is 1.97. The van der Waals surface area contributed by atoms with Crippen molar-refractivity contribution in [1.82, 2.24) is 4.98 Å². The number of halogens is 4. The summed E-state index contributed by atoms with van der Waals surface area (Å²) in [5, 5.41) is 0.480. The molecule has 2 rings (SSSR count). The SMILES string of the molecule is FC(F)(F)c1cc2cccnc2cc1Br. The van der Waals surface area contributed by atoms with Gasteiger partial charge in [-0.05, 0) is 18.2 Å². The Hall–Kier alpha value is -1.10. The smallest absolute Gasteiger partial charge is 0.256 e. The number of pyridine rings is 1. The zero-order valence-electron chi connectivity index (χ0n) is 7.35. The summed E-state index contributed by atoms with van der Waals surface area (Å²) in [6.45, 7) is 0. The predicted octanol–water partition coefficient (Wildman–Crippen LogP) is 4.02. The molecular formula is C10H5BrF3N. The third-order valence-corrected chi connectivity index (χ3v) is 2.65. The van der Waals surface area contributed by atoms with E-state index in [2.05, 4.69) is 20.9 Å². The van der Waals surface area contributed by atoms with Gasteiger partial charge in [0.15, 0.2) is 0 Å². The van der Waals surface area contributed by atoms with Crippen molar-refractivity contribution in [3.05, 3.63) is 40.5 Å². The Morgan fingerprint density at radius 3 is 2.60 bits per heavy atom. The van der Waals surface area contributed by atoms with Crippen molar-refractivity contribution in [2.45, 2.75) is 6.18 Å². The zero-order valence-corrected chi connectivity index (χ0v) is 8.93. The van der Waals surface area contributed by atoms with E-state index in [-0.39, 0.29) is 4.47 Å². The molecule has 0 N–H and O–H groups in total. The van der Waals surface area contributed by atoms with E-state index in [1.54, 1.807) is 18.3 Å². The molecule has 0 saturated carbocycles. The first-order valence-electron chi connectivity index (χ1n) is 4.10. The predicted molar refractivity (Wildman–Crippen MR) is 54.4 cm³/mol. The summed E-state index contributed by atoms with van der Waals surface area (Å²) in [5.74, 6) is 0. The highest BCUT2D eigenvalue weighted by Crippen LogP contribution is 2.36. The summed E-state index contributed by atoms with van der Waals surface area (Å²) in [6.07, 6.45) is -2.80. The van der Waals surface area contributed by atoms with E-state index in [9.17, 15) is 13.2 Å². The topological polar surface area (TPSA) is 12.9 Å². The number of hydrogen-bond donors (Lipinski definition) is 0. The van der Waals surface area contributed by atoms with Crippen molar-refractivity contribution in [2.24, 2.45) is 0 Å². The Balaban J connectivity index is 2.73. The molecule has 1 heterocycles. The summed E-state index contributed by atoms with van der Waals surface area (Å²) >= 11 is 2.89. The van der Waals surface area contributed by atoms with Gasteiger partial charge in [0.05, 0.1) is 11.1 Å². The van der Waals surface area contributed by atoms with Crippen LogP contribution in [0.2, 0.25) is 0 Å². The Labute approximate surface area is 92.1 Å². The fraction of sp³-hybridized carbons (Fsp3) is 0.100. The number of hydrogen-bond acceptors (Lipinski definition) is 1. The summed E-state index contributed by atoms with van der Waals surface area (Å²) in [7, 11) is 0. The molecule has 0 amide bonds. The molecule has 78 valence electrons. The molecule has 0 bridgehead atoms. The lowest BCUT2D eigenvalue weighted by Gasteiger charge is -2.09. The van der Waals surface area contributed by atoms with Gasteiger partial charge < -0.3 is 0 Å². The quantitative estimate of drug-likeness (QED) is 0.708. The first kappa shape index (κ1) is 10.4. The van der Waals surface area contributed by atoms with Gasteiger partial charge in [0.1, 0.15) is 0 Å². The maximum atomic E-state index is 12.5. The second-order valence-electron chi connectivity index (χ2n) is 3.03. The molecule has 1 aromatic carbocycles. The normalized spacial score (nSPS) is 12.0. The van der Waals surface area contributed by atoms with Gasteiger partial charge in [-0.1, -0.05) is 22.0 Å². The number of nitrogens with zero attached hydrogens (tertiary/aromatic N) is 1. The van der Waals surface area contributed by atoms with Gasteiger partial charge in [0, 0.05) is 16.1 Å². The number of benzene rings is 1. The Morgan fingerprint density at radius 1 is 1.20 bits per heavy atom. The lowest BCUT2D eigenvalue weighted by molar-refractivity contribution is -0.138. The van der Waals surface area contributed by atoms with Crippen LogP contribution >= 0.6 is 15.9 Å². The van der Waals surface area contributed by atoms with Crippen molar-refractivity contribution in [2.75, 3.05) is 0 Å². The van der Waals surface area contributed by atoms with E-state index in [1.165, 1.54) is 6.07 Å². The minimum Gasteiger partial charge on any atom is -0.256 e. The molecule has 15 heavy (non-hydrogen) atoms. The molecule has 0 saturated heterocycles. The fourth-order valence-electron chi connectivity index (χ4n) is 1.31. The second kappa shape index (κ2) is 3.48. The van der Waals surface area contributed by atoms with Crippen LogP contribution < -0.4 is 0 Å². The molecule has 0 atom stereocenters. The molecule has 1 aromatic heterocycles. The number of fused-ring (bicyclic) bond motifs is 1. The van der Waals surface area contributed by atoms with Crippen LogP contribution in [0, 0.1) is 0 Å². The lowest BCUT2D eigenvalue weighted by Crippen LogP contribution is -2.05. The van der Waals surface area contributed by atoms with E-state index in [0.717, 1.165) is 6.07 Å². The van der Waals surface area contributed by atoms with E-state index in [0.29, 0.717) is 10.9 Å². The molecule has 0 fully saturated rings. The lowest BCUT2D eigenvalue weighted by atomic mass is 10.1. The van der Waals surface area contributed by atoms with E-state index >= 15 is 0 Å². The maximum absolute atomic E-state index is 12.5. The van der Waals surface area contributed by atoms with Gasteiger partial charge in [-0.2, -0.15) is 13.2 Å². The Kier molecular flexibility index (Phi) is 2.42. The molecule has 5 heteroatoms. The highest BCUT2D eigenvalue weighted by molar-refractivity contribution is 9.10. The molecule has 0 radical (unpaired) electrons.